The molecule has 3 fully saturated rings. The van der Waals surface area contributed by atoms with E-state index in [1.165, 1.54) is 6.07 Å². The molecule has 6 heterocycles. The van der Waals surface area contributed by atoms with E-state index in [-0.39, 0.29) is 41.4 Å². The van der Waals surface area contributed by atoms with Gasteiger partial charge in [0.1, 0.15) is 28.3 Å². The van der Waals surface area contributed by atoms with Gasteiger partial charge in [-0.15, -0.1) is 0 Å². The van der Waals surface area contributed by atoms with E-state index in [1.807, 2.05) is 25.1 Å². The fourth-order valence-electron chi connectivity index (χ4n) is 8.59. The molecule has 2 saturated carbocycles. The van der Waals surface area contributed by atoms with Crippen molar-refractivity contribution in [3.05, 3.63) is 75.9 Å². The van der Waals surface area contributed by atoms with Gasteiger partial charge in [-0.05, 0) is 93.8 Å². The maximum Gasteiger partial charge on any atom is 0.254 e. The van der Waals surface area contributed by atoms with Gasteiger partial charge in [-0.2, -0.15) is 0 Å². The van der Waals surface area contributed by atoms with E-state index in [1.54, 1.807) is 27.7 Å². The predicted octanol–water partition coefficient (Wildman–Crippen LogP) is 6.69. The molecule has 10 nitrogen and oxygen atoms in total. The Morgan fingerprint density at radius 2 is 1.88 bits per heavy atom. The van der Waals surface area contributed by atoms with Crippen LogP contribution < -0.4 is 11.1 Å². The third-order valence-electron chi connectivity index (χ3n) is 11.4. The zero-order chi connectivity index (χ0) is 35.1. The molecule has 1 saturated heterocycles. The van der Waals surface area contributed by atoms with E-state index in [0.717, 1.165) is 43.9 Å². The van der Waals surface area contributed by atoms with Crippen LogP contribution in [0.4, 0.5) is 8.78 Å². The number of fused-ring (bicyclic) bond motifs is 5. The summed E-state index contributed by atoms with van der Waals surface area (Å²) >= 11 is 6.21. The van der Waals surface area contributed by atoms with Crippen molar-refractivity contribution in [3.63, 3.8) is 0 Å². The van der Waals surface area contributed by atoms with Gasteiger partial charge >= 0.3 is 0 Å². The van der Waals surface area contributed by atoms with Crippen molar-refractivity contribution < 1.29 is 18.4 Å². The lowest BCUT2D eigenvalue weighted by atomic mass is 9.94. The highest BCUT2D eigenvalue weighted by molar-refractivity contribution is 6.29. The highest BCUT2D eigenvalue weighted by Crippen LogP contribution is 2.45. The fourth-order valence-corrected chi connectivity index (χ4v) is 8.75. The lowest BCUT2D eigenvalue weighted by Crippen LogP contribution is -2.51. The molecule has 264 valence electrons. The van der Waals surface area contributed by atoms with Crippen LogP contribution in [0.25, 0.3) is 33.6 Å². The van der Waals surface area contributed by atoms with Crippen molar-refractivity contribution in [3.8, 4) is 11.5 Å². The number of piperidine rings is 1. The molecule has 3 N–H and O–H groups in total. The molecule has 5 aromatic rings. The Morgan fingerprint density at radius 1 is 1.04 bits per heavy atom. The maximum absolute atomic E-state index is 16.3. The highest BCUT2D eigenvalue weighted by atomic mass is 35.5. The average Bonchev–Trinajstić information content (AvgIpc) is 3.42. The third kappa shape index (κ3) is 5.58. The molecule has 6 atom stereocenters. The monoisotopic (exact) mass is 712 g/mol. The van der Waals surface area contributed by atoms with Gasteiger partial charge in [0.05, 0.1) is 40.2 Å². The number of benzene rings is 1. The Morgan fingerprint density at radius 3 is 2.71 bits per heavy atom. The van der Waals surface area contributed by atoms with Gasteiger partial charge in [0.15, 0.2) is 5.82 Å². The topological polar surface area (TPSA) is 124 Å². The number of alkyl halides is 1. The molecule has 4 aromatic heterocycles. The average molecular weight is 713 g/mol. The second kappa shape index (κ2) is 12.4. The summed E-state index contributed by atoms with van der Waals surface area (Å²) in [4.78, 5) is 43.5. The summed E-state index contributed by atoms with van der Waals surface area (Å²) < 4.78 is 35.0. The largest absolute Gasteiger partial charge is 0.344 e. The number of aromatic nitrogens is 5. The molecule has 9 rings (SSSR count). The van der Waals surface area contributed by atoms with Crippen LogP contribution >= 0.6 is 11.6 Å². The molecule has 1 aromatic carbocycles. The second-order valence-electron chi connectivity index (χ2n) is 14.8. The number of halogens is 3. The Balaban J connectivity index is 1.13. The standard InChI is InChI=1S/C38H39ClF2N8O2/c1-19-28-10-7-21-16-32(47(35(21)45-28)12-4-2-3-5-29-24(37(50)43-19)9-11-33(39)44-29)36-46-30-15-22(14-26(41)34(30)49(36)31-17-25(31)40)38(51)48-18-27(42)20-6-8-23(48)13-20/h7,9-11,14-16,19-20,23,25,27,31H,2-6,8,12-13,17-18,42H2,1H3,(H,43,50)/t19-,20-,23+,25+,27+,31+/m1/s1. The van der Waals surface area contributed by atoms with Crippen LogP contribution in [-0.2, 0) is 13.0 Å². The quantitative estimate of drug-likeness (QED) is 0.201. The Hall–Kier alpha value is -4.42. The summed E-state index contributed by atoms with van der Waals surface area (Å²) in [5, 5.41) is 4.26. The van der Waals surface area contributed by atoms with E-state index in [4.69, 9.17) is 27.3 Å². The minimum Gasteiger partial charge on any atom is -0.344 e. The van der Waals surface area contributed by atoms with Gasteiger partial charge in [0.2, 0.25) is 0 Å². The maximum atomic E-state index is 16.3. The number of likely N-dealkylation sites (tertiary alicyclic amines) is 1. The number of hydrogen-bond donors (Lipinski definition) is 2. The van der Waals surface area contributed by atoms with Crippen molar-refractivity contribution in [2.24, 2.45) is 11.7 Å². The number of rotatable bonds is 3. The molecule has 2 aliphatic carbocycles. The number of hydrogen-bond acceptors (Lipinski definition) is 6. The molecule has 2 aliphatic heterocycles. The lowest BCUT2D eigenvalue weighted by Gasteiger charge is -2.37. The van der Waals surface area contributed by atoms with Crippen LogP contribution in [0, 0.1) is 11.7 Å². The Kier molecular flexibility index (Phi) is 7.88. The SMILES string of the molecule is C[C@H]1NC(=O)c2ccc(Cl)nc2CCCCCn2c(-c3nc4cc(C(=O)N5C[C@H](N)[C@@H]6CC[C@H]5C6)cc(F)c4n3[C@H]3C[C@@H]3F)cc3ccc1nc32. The van der Waals surface area contributed by atoms with Crippen molar-refractivity contribution in [2.75, 3.05) is 6.54 Å². The Bertz CT molecular complexity index is 2230. The summed E-state index contributed by atoms with van der Waals surface area (Å²) in [6.45, 7) is 2.92. The van der Waals surface area contributed by atoms with Gasteiger partial charge in [0, 0.05) is 42.5 Å². The molecule has 0 unspecified atom stereocenters. The summed E-state index contributed by atoms with van der Waals surface area (Å²) in [5.74, 6) is -0.232. The first-order chi connectivity index (χ1) is 24.6. The summed E-state index contributed by atoms with van der Waals surface area (Å²) in [5.41, 5.74) is 10.4. The number of carbonyl (C=O) groups excluding carboxylic acids is 2. The number of amides is 2. The van der Waals surface area contributed by atoms with Crippen LogP contribution in [0.5, 0.6) is 0 Å². The first-order valence-corrected chi connectivity index (χ1v) is 18.4. The first-order valence-electron chi connectivity index (χ1n) is 18.0. The minimum absolute atomic E-state index is 0.0902. The van der Waals surface area contributed by atoms with Gasteiger partial charge in [0.25, 0.3) is 11.8 Å². The number of nitrogens with two attached hydrogens (primary N) is 1. The molecule has 0 spiro atoms. The molecule has 4 bridgehead atoms. The summed E-state index contributed by atoms with van der Waals surface area (Å²) in [6.07, 6.45) is 4.89. The molecule has 51 heavy (non-hydrogen) atoms. The number of imidazole rings is 1. The van der Waals surface area contributed by atoms with Crippen LogP contribution in [0.1, 0.15) is 96.1 Å². The smallest absolute Gasteiger partial charge is 0.254 e. The van der Waals surface area contributed by atoms with Crippen LogP contribution in [0.15, 0.2) is 42.5 Å². The van der Waals surface area contributed by atoms with Crippen molar-refractivity contribution in [1.82, 2.24) is 34.3 Å². The van der Waals surface area contributed by atoms with E-state index in [9.17, 15) is 14.0 Å². The van der Waals surface area contributed by atoms with Crippen LogP contribution in [-0.4, -0.2) is 65.6 Å². The summed E-state index contributed by atoms with van der Waals surface area (Å²) in [7, 11) is 0. The number of nitrogens with zero attached hydrogens (tertiary/aromatic N) is 6. The third-order valence-corrected chi connectivity index (χ3v) is 11.6. The molecule has 13 heteroatoms. The fraction of sp³-hybridized carbons (Fsp3) is 0.447. The molecule has 4 aliphatic rings. The van der Waals surface area contributed by atoms with Gasteiger partial charge < -0.3 is 25.1 Å². The first kappa shape index (κ1) is 32.5. The van der Waals surface area contributed by atoms with Crippen LogP contribution in [0.3, 0.4) is 0 Å². The van der Waals surface area contributed by atoms with Crippen molar-refractivity contribution >= 4 is 45.5 Å². The van der Waals surface area contributed by atoms with Crippen molar-refractivity contribution in [1.29, 1.82) is 0 Å². The van der Waals surface area contributed by atoms with Gasteiger partial charge in [-0.1, -0.05) is 18.0 Å². The highest BCUT2D eigenvalue weighted by Gasteiger charge is 2.44. The zero-order valence-corrected chi connectivity index (χ0v) is 29.0. The van der Waals surface area contributed by atoms with Gasteiger partial charge in [-0.25, -0.2) is 23.7 Å². The minimum atomic E-state index is -1.13. The second-order valence-corrected chi connectivity index (χ2v) is 15.2. The Labute approximate surface area is 298 Å². The van der Waals surface area contributed by atoms with Gasteiger partial charge in [-0.3, -0.25) is 9.59 Å². The van der Waals surface area contributed by atoms with E-state index in [0.29, 0.717) is 70.2 Å². The lowest BCUT2D eigenvalue weighted by molar-refractivity contribution is 0.0603. The van der Waals surface area contributed by atoms with E-state index in [2.05, 4.69) is 14.9 Å². The molecular weight excluding hydrogens is 674 g/mol. The summed E-state index contributed by atoms with van der Waals surface area (Å²) in [6, 6.07) is 11.1. The van der Waals surface area contributed by atoms with Crippen molar-refractivity contribution in [2.45, 2.75) is 95.2 Å². The zero-order valence-electron chi connectivity index (χ0n) is 28.3. The molecule has 0 radical (unpaired) electrons. The molecular formula is C38H39ClF2N8O2. The van der Waals surface area contributed by atoms with Crippen LogP contribution in [0.2, 0.25) is 5.15 Å². The molecule has 2 amide bonds. The predicted molar refractivity (Wildman–Crippen MR) is 190 cm³/mol. The normalized spacial score (nSPS) is 26.4. The number of pyridine rings is 2. The number of nitrogens with one attached hydrogen (secondary N) is 1. The van der Waals surface area contributed by atoms with E-state index < -0.39 is 24.1 Å². The number of aryl methyl sites for hydroxylation is 2. The van der Waals surface area contributed by atoms with E-state index >= 15 is 4.39 Å². The number of carbonyl (C=O) groups is 2.